The molecular weight excluding hydrogens is 190 g/mol. The van der Waals surface area contributed by atoms with Crippen LogP contribution in [0.4, 0.5) is 0 Å². The molecule has 0 amide bonds. The van der Waals surface area contributed by atoms with Gasteiger partial charge in [0.15, 0.2) is 0 Å². The van der Waals surface area contributed by atoms with Crippen molar-refractivity contribution in [3.05, 3.63) is 46.6 Å². The van der Waals surface area contributed by atoms with Crippen LogP contribution >= 0.6 is 0 Å². The van der Waals surface area contributed by atoms with E-state index in [4.69, 9.17) is 0 Å². The van der Waals surface area contributed by atoms with Crippen molar-refractivity contribution in [1.82, 2.24) is 15.0 Å². The van der Waals surface area contributed by atoms with Gasteiger partial charge in [0.25, 0.3) is 5.56 Å². The van der Waals surface area contributed by atoms with Crippen LogP contribution in [0, 0.1) is 0 Å². The number of nitrogens with one attached hydrogen (secondary N) is 1. The normalized spacial score (nSPS) is 10.2. The van der Waals surface area contributed by atoms with Crippen LogP contribution in [-0.2, 0) is 6.42 Å². The van der Waals surface area contributed by atoms with Crippen molar-refractivity contribution >= 4 is 0 Å². The maximum atomic E-state index is 11.3. The van der Waals surface area contributed by atoms with Crippen molar-refractivity contribution in [2.75, 3.05) is 0 Å². The molecule has 2 aromatic heterocycles. The van der Waals surface area contributed by atoms with Crippen LogP contribution in [0.5, 0.6) is 0 Å². The van der Waals surface area contributed by atoms with Gasteiger partial charge in [-0.15, -0.1) is 0 Å². The summed E-state index contributed by atoms with van der Waals surface area (Å²) in [6.45, 7) is 1.97. The fourth-order valence-corrected chi connectivity index (χ4v) is 1.33. The minimum Gasteiger partial charge on any atom is -0.306 e. The Morgan fingerprint density at radius 2 is 2.33 bits per heavy atom. The lowest BCUT2D eigenvalue weighted by Crippen LogP contribution is -2.09. The standard InChI is InChI=1S/C11H11N3O/c1-2-9-6-10(15)14-11(13-9)8-4-3-5-12-7-8/h3-7H,2H2,1H3,(H,13,14,15). The molecule has 0 atom stereocenters. The maximum Gasteiger partial charge on any atom is 0.251 e. The molecule has 0 aliphatic rings. The summed E-state index contributed by atoms with van der Waals surface area (Å²) >= 11 is 0. The molecule has 0 spiro atoms. The number of aromatic amines is 1. The van der Waals surface area contributed by atoms with Crippen molar-refractivity contribution < 1.29 is 0 Å². The topological polar surface area (TPSA) is 58.6 Å². The van der Waals surface area contributed by atoms with Gasteiger partial charge in [-0.25, -0.2) is 4.98 Å². The average molecular weight is 201 g/mol. The Balaban J connectivity index is 2.54. The summed E-state index contributed by atoms with van der Waals surface area (Å²) < 4.78 is 0. The molecule has 76 valence electrons. The van der Waals surface area contributed by atoms with Crippen LogP contribution in [0.15, 0.2) is 35.4 Å². The Kier molecular flexibility index (Phi) is 2.58. The predicted molar refractivity (Wildman–Crippen MR) is 57.5 cm³/mol. The molecule has 0 unspecified atom stereocenters. The van der Waals surface area contributed by atoms with Gasteiger partial charge >= 0.3 is 0 Å². The second-order valence-corrected chi connectivity index (χ2v) is 3.18. The predicted octanol–water partition coefficient (Wildman–Crippen LogP) is 1.39. The first-order valence-corrected chi connectivity index (χ1v) is 4.80. The van der Waals surface area contributed by atoms with Crippen molar-refractivity contribution in [1.29, 1.82) is 0 Å². The molecule has 0 aromatic carbocycles. The largest absolute Gasteiger partial charge is 0.306 e. The Morgan fingerprint density at radius 1 is 1.47 bits per heavy atom. The molecule has 0 saturated carbocycles. The van der Waals surface area contributed by atoms with Crippen LogP contribution in [0.25, 0.3) is 11.4 Å². The van der Waals surface area contributed by atoms with E-state index in [1.807, 2.05) is 19.1 Å². The zero-order chi connectivity index (χ0) is 10.7. The molecule has 0 saturated heterocycles. The number of aromatic nitrogens is 3. The lowest BCUT2D eigenvalue weighted by atomic mass is 10.2. The molecule has 15 heavy (non-hydrogen) atoms. The summed E-state index contributed by atoms with van der Waals surface area (Å²) in [5.41, 5.74) is 1.49. The quantitative estimate of drug-likeness (QED) is 0.798. The van der Waals surface area contributed by atoms with Gasteiger partial charge < -0.3 is 4.98 Å². The monoisotopic (exact) mass is 201 g/mol. The molecule has 1 N–H and O–H groups in total. The minimum atomic E-state index is -0.124. The van der Waals surface area contributed by atoms with Gasteiger partial charge in [-0.2, -0.15) is 0 Å². The molecule has 4 nitrogen and oxygen atoms in total. The molecule has 4 heteroatoms. The molecule has 2 rings (SSSR count). The highest BCUT2D eigenvalue weighted by Crippen LogP contribution is 2.10. The highest BCUT2D eigenvalue weighted by molar-refractivity contribution is 5.52. The third-order valence-corrected chi connectivity index (χ3v) is 2.09. The van der Waals surface area contributed by atoms with Crippen LogP contribution in [-0.4, -0.2) is 15.0 Å². The molecular formula is C11H11N3O. The van der Waals surface area contributed by atoms with Gasteiger partial charge in [-0.1, -0.05) is 6.92 Å². The fourth-order valence-electron chi connectivity index (χ4n) is 1.33. The zero-order valence-corrected chi connectivity index (χ0v) is 8.40. The number of aryl methyl sites for hydroxylation is 1. The van der Waals surface area contributed by atoms with Gasteiger partial charge in [0, 0.05) is 29.7 Å². The maximum absolute atomic E-state index is 11.3. The van der Waals surface area contributed by atoms with E-state index in [-0.39, 0.29) is 5.56 Å². The molecule has 2 heterocycles. The average Bonchev–Trinajstić information content (AvgIpc) is 2.29. The molecule has 0 radical (unpaired) electrons. The first-order chi connectivity index (χ1) is 7.29. The summed E-state index contributed by atoms with van der Waals surface area (Å²) in [5, 5.41) is 0. The van der Waals surface area contributed by atoms with E-state index >= 15 is 0 Å². The summed E-state index contributed by atoms with van der Waals surface area (Å²) in [6.07, 6.45) is 4.11. The van der Waals surface area contributed by atoms with E-state index < -0.39 is 0 Å². The van der Waals surface area contributed by atoms with Crippen LogP contribution in [0.2, 0.25) is 0 Å². The molecule has 0 fully saturated rings. The Labute approximate surface area is 87.0 Å². The van der Waals surface area contributed by atoms with E-state index in [1.165, 1.54) is 6.07 Å². The highest BCUT2D eigenvalue weighted by atomic mass is 16.1. The zero-order valence-electron chi connectivity index (χ0n) is 8.40. The fraction of sp³-hybridized carbons (Fsp3) is 0.182. The van der Waals surface area contributed by atoms with E-state index in [0.717, 1.165) is 17.7 Å². The number of pyridine rings is 1. The third-order valence-electron chi connectivity index (χ3n) is 2.09. The third kappa shape index (κ3) is 2.10. The van der Waals surface area contributed by atoms with Gasteiger partial charge in [0.2, 0.25) is 0 Å². The molecule has 2 aromatic rings. The van der Waals surface area contributed by atoms with E-state index in [1.54, 1.807) is 12.4 Å². The van der Waals surface area contributed by atoms with E-state index in [2.05, 4.69) is 15.0 Å². The van der Waals surface area contributed by atoms with Crippen molar-refractivity contribution in [3.8, 4) is 11.4 Å². The second-order valence-electron chi connectivity index (χ2n) is 3.18. The van der Waals surface area contributed by atoms with Gasteiger partial charge in [0.1, 0.15) is 5.82 Å². The molecule has 0 aliphatic carbocycles. The lowest BCUT2D eigenvalue weighted by molar-refractivity contribution is 0.986. The smallest absolute Gasteiger partial charge is 0.251 e. The lowest BCUT2D eigenvalue weighted by Gasteiger charge is -2.01. The van der Waals surface area contributed by atoms with Gasteiger partial charge in [0.05, 0.1) is 0 Å². The minimum absolute atomic E-state index is 0.124. The Bertz CT molecular complexity index is 505. The Morgan fingerprint density at radius 3 is 3.00 bits per heavy atom. The van der Waals surface area contributed by atoms with Crippen LogP contribution in [0.3, 0.4) is 0 Å². The number of hydrogen-bond donors (Lipinski definition) is 1. The van der Waals surface area contributed by atoms with Crippen molar-refractivity contribution in [2.24, 2.45) is 0 Å². The number of hydrogen-bond acceptors (Lipinski definition) is 3. The summed E-state index contributed by atoms with van der Waals surface area (Å²) in [6, 6.07) is 5.19. The van der Waals surface area contributed by atoms with Gasteiger partial charge in [-0.3, -0.25) is 9.78 Å². The van der Waals surface area contributed by atoms with E-state index in [0.29, 0.717) is 5.82 Å². The van der Waals surface area contributed by atoms with Crippen molar-refractivity contribution in [2.45, 2.75) is 13.3 Å². The first-order valence-electron chi connectivity index (χ1n) is 4.80. The SMILES string of the molecule is CCc1cc(=O)[nH]c(-c2cccnc2)n1. The Hall–Kier alpha value is -1.97. The summed E-state index contributed by atoms with van der Waals surface area (Å²) in [4.78, 5) is 22.3. The molecule has 0 bridgehead atoms. The second kappa shape index (κ2) is 4.04. The highest BCUT2D eigenvalue weighted by Gasteiger charge is 2.02. The first kappa shape index (κ1) is 9.58. The number of rotatable bonds is 2. The van der Waals surface area contributed by atoms with Crippen LogP contribution in [0.1, 0.15) is 12.6 Å². The van der Waals surface area contributed by atoms with Gasteiger partial charge in [-0.05, 0) is 18.6 Å². The van der Waals surface area contributed by atoms with Crippen molar-refractivity contribution in [3.63, 3.8) is 0 Å². The number of nitrogens with zero attached hydrogens (tertiary/aromatic N) is 2. The molecule has 0 aliphatic heterocycles. The summed E-state index contributed by atoms with van der Waals surface area (Å²) in [7, 11) is 0. The van der Waals surface area contributed by atoms with E-state index in [9.17, 15) is 4.79 Å². The number of H-pyrrole nitrogens is 1. The summed E-state index contributed by atoms with van der Waals surface area (Å²) in [5.74, 6) is 0.576. The van der Waals surface area contributed by atoms with Crippen LogP contribution < -0.4 is 5.56 Å².